The van der Waals surface area contributed by atoms with Crippen LogP contribution in [-0.2, 0) is 18.5 Å². The fourth-order valence-corrected chi connectivity index (χ4v) is 6.51. The van der Waals surface area contributed by atoms with Crippen molar-refractivity contribution >= 4 is 34.1 Å². The molecule has 0 aliphatic rings. The van der Waals surface area contributed by atoms with E-state index in [2.05, 4.69) is 0 Å². The van der Waals surface area contributed by atoms with Crippen molar-refractivity contribution < 1.29 is 110 Å². The summed E-state index contributed by atoms with van der Waals surface area (Å²) < 4.78 is 372. The molecule has 0 heterocycles. The SMILES string of the molecule is Cc1c(F)c(F)c(N(c2cc(-c3ccccc3)cc(N(c3c(F)c(F)c(C(F)(F)F)c(F)c3F)c3c(F)c(F)c(C(F)(F)F)c(F)c3F)c2)c2c(F)c(F)c(C(F)(F)F)c(F)c2F)c(F)c1F. The molecule has 0 bridgehead atoms. The van der Waals surface area contributed by atoms with Crippen LogP contribution in [0.4, 0.5) is 144 Å². The van der Waals surface area contributed by atoms with Crippen molar-refractivity contribution in [3.63, 3.8) is 0 Å². The molecule has 0 aliphatic carbocycles. The largest absolute Gasteiger partial charge is 0.422 e. The standard InChI is InChI=1S/C40H11F25N2/c1-10-18(41)26(49)34(27(50)19(10)42)66(35-28(51)20(43)15(38(57,58)59)21(44)29(35)52)13-7-12(11-5-3-2-4-6-11)8-14(9-13)67(36-30(53)22(45)16(39(60,61)62)23(46)31(36)54)37-32(55)24(47)17(40(63,64)65)25(48)33(37)56/h2-9H,1H3. The maximum absolute atomic E-state index is 16.0. The van der Waals surface area contributed by atoms with Gasteiger partial charge in [0.05, 0.1) is 0 Å². The van der Waals surface area contributed by atoms with E-state index in [1.54, 1.807) is 0 Å². The summed E-state index contributed by atoms with van der Waals surface area (Å²) in [6, 6.07) is 4.50. The van der Waals surface area contributed by atoms with Gasteiger partial charge in [0.15, 0.2) is 93.1 Å². The van der Waals surface area contributed by atoms with Gasteiger partial charge in [0.2, 0.25) is 0 Å². The van der Waals surface area contributed by atoms with Gasteiger partial charge in [0.25, 0.3) is 0 Å². The first kappa shape index (κ1) is 49.6. The zero-order chi connectivity index (χ0) is 50.5. The average Bonchev–Trinajstić information content (AvgIpc) is 3.23. The molecule has 0 radical (unpaired) electrons. The highest BCUT2D eigenvalue weighted by Gasteiger charge is 2.48. The number of halogens is 25. The smallest absolute Gasteiger partial charge is 0.299 e. The zero-order valence-corrected chi connectivity index (χ0v) is 31.5. The van der Waals surface area contributed by atoms with Crippen LogP contribution in [0.3, 0.4) is 0 Å². The highest BCUT2D eigenvalue weighted by Crippen LogP contribution is 2.52. The molecule has 6 rings (SSSR count). The zero-order valence-electron chi connectivity index (χ0n) is 31.5. The molecule has 0 saturated heterocycles. The summed E-state index contributed by atoms with van der Waals surface area (Å²) in [5.74, 6) is -53.3. The Morgan fingerprint density at radius 2 is 0.537 bits per heavy atom. The molecule has 6 aromatic rings. The van der Waals surface area contributed by atoms with Gasteiger partial charge >= 0.3 is 18.5 Å². The summed E-state index contributed by atoms with van der Waals surface area (Å²) >= 11 is 0. The number of alkyl halides is 9. The highest BCUT2D eigenvalue weighted by molar-refractivity contribution is 5.88. The Labute approximate surface area is 354 Å². The topological polar surface area (TPSA) is 6.48 Å². The van der Waals surface area contributed by atoms with Gasteiger partial charge < -0.3 is 0 Å². The normalized spacial score (nSPS) is 12.3. The van der Waals surface area contributed by atoms with Crippen LogP contribution in [0.1, 0.15) is 22.3 Å². The molecule has 0 spiro atoms. The van der Waals surface area contributed by atoms with Gasteiger partial charge in [0.1, 0.15) is 39.4 Å². The first-order chi connectivity index (χ1) is 30.8. The minimum absolute atomic E-state index is 0.0549. The molecule has 0 aliphatic heterocycles. The fourth-order valence-electron chi connectivity index (χ4n) is 6.51. The lowest BCUT2D eigenvalue weighted by molar-refractivity contribution is -0.144. The number of benzene rings is 6. The molecule has 6 aromatic carbocycles. The summed E-state index contributed by atoms with van der Waals surface area (Å²) in [6.07, 6.45) is -19.3. The lowest BCUT2D eigenvalue weighted by Gasteiger charge is -2.32. The number of hydrogen-bond acceptors (Lipinski definition) is 2. The van der Waals surface area contributed by atoms with E-state index in [1.807, 2.05) is 0 Å². The van der Waals surface area contributed by atoms with Crippen molar-refractivity contribution in [2.75, 3.05) is 9.80 Å². The molecule has 0 amide bonds. The first-order valence-corrected chi connectivity index (χ1v) is 17.2. The van der Waals surface area contributed by atoms with E-state index >= 15 is 70.2 Å². The van der Waals surface area contributed by atoms with E-state index in [9.17, 15) is 39.5 Å². The Hall–Kier alpha value is -6.83. The third-order valence-corrected chi connectivity index (χ3v) is 9.45. The molecule has 0 atom stereocenters. The van der Waals surface area contributed by atoms with Crippen molar-refractivity contribution in [1.82, 2.24) is 0 Å². The van der Waals surface area contributed by atoms with Crippen LogP contribution in [0, 0.1) is 100.0 Å². The summed E-state index contributed by atoms with van der Waals surface area (Å²) in [5, 5.41) is 0. The maximum Gasteiger partial charge on any atom is 0.422 e. The maximum atomic E-state index is 16.0. The van der Waals surface area contributed by atoms with Crippen molar-refractivity contribution in [3.05, 3.63) is 164 Å². The number of rotatable bonds is 7. The van der Waals surface area contributed by atoms with Crippen molar-refractivity contribution in [1.29, 1.82) is 0 Å². The predicted molar refractivity (Wildman–Crippen MR) is 180 cm³/mol. The van der Waals surface area contributed by atoms with Gasteiger partial charge in [-0.25, -0.2) is 70.2 Å². The van der Waals surface area contributed by atoms with Crippen LogP contribution >= 0.6 is 0 Å². The van der Waals surface area contributed by atoms with Crippen LogP contribution in [0.2, 0.25) is 0 Å². The third kappa shape index (κ3) is 8.03. The van der Waals surface area contributed by atoms with Gasteiger partial charge in [-0.2, -0.15) is 39.5 Å². The van der Waals surface area contributed by atoms with Crippen LogP contribution in [-0.4, -0.2) is 0 Å². The molecule has 27 heteroatoms. The van der Waals surface area contributed by atoms with Crippen LogP contribution < -0.4 is 9.80 Å². The second-order valence-corrected chi connectivity index (χ2v) is 13.4. The first-order valence-electron chi connectivity index (χ1n) is 17.2. The lowest BCUT2D eigenvalue weighted by atomic mass is 10.0. The quantitative estimate of drug-likeness (QED) is 0.116. The molecular formula is C40H11F25N2. The van der Waals surface area contributed by atoms with E-state index in [-0.39, 0.29) is 19.1 Å². The Balaban J connectivity index is 1.93. The van der Waals surface area contributed by atoms with E-state index in [4.69, 9.17) is 0 Å². The Bertz CT molecular complexity index is 2810. The highest BCUT2D eigenvalue weighted by atomic mass is 19.4. The van der Waals surface area contributed by atoms with E-state index < -0.39 is 195 Å². The average molecular weight is 994 g/mol. The van der Waals surface area contributed by atoms with Gasteiger partial charge in [-0.3, -0.25) is 9.80 Å². The lowest BCUT2D eigenvalue weighted by Crippen LogP contribution is -2.25. The van der Waals surface area contributed by atoms with Crippen LogP contribution in [0.25, 0.3) is 11.1 Å². The molecule has 67 heavy (non-hydrogen) atoms. The number of nitrogens with zero attached hydrogens (tertiary/aromatic N) is 2. The van der Waals surface area contributed by atoms with Crippen LogP contribution in [0.15, 0.2) is 48.5 Å². The van der Waals surface area contributed by atoms with Gasteiger partial charge in [-0.15, -0.1) is 0 Å². The summed E-state index contributed by atoms with van der Waals surface area (Å²) in [4.78, 5) is -2.45. The monoisotopic (exact) mass is 994 g/mol. The third-order valence-electron chi connectivity index (χ3n) is 9.45. The minimum atomic E-state index is -6.46. The summed E-state index contributed by atoms with van der Waals surface area (Å²) in [7, 11) is 0. The van der Waals surface area contributed by atoms with Gasteiger partial charge in [-0.1, -0.05) is 30.3 Å². The molecule has 0 saturated carbocycles. The molecule has 0 fully saturated rings. The Morgan fingerprint density at radius 3 is 0.776 bits per heavy atom. The van der Waals surface area contributed by atoms with Crippen LogP contribution in [0.5, 0.6) is 0 Å². The minimum Gasteiger partial charge on any atom is -0.299 e. The van der Waals surface area contributed by atoms with Crippen molar-refractivity contribution in [2.24, 2.45) is 0 Å². The molecule has 2 nitrogen and oxygen atoms in total. The molecule has 0 N–H and O–H groups in total. The van der Waals surface area contributed by atoms with E-state index in [0.717, 1.165) is 30.3 Å². The second kappa shape index (κ2) is 16.8. The summed E-state index contributed by atoms with van der Waals surface area (Å²) in [6.45, 7) is 0.270. The van der Waals surface area contributed by atoms with E-state index in [0.29, 0.717) is 0 Å². The summed E-state index contributed by atoms with van der Waals surface area (Å²) in [5.41, 5.74) is -29.5. The van der Waals surface area contributed by atoms with Gasteiger partial charge in [0, 0.05) is 16.9 Å². The Morgan fingerprint density at radius 1 is 0.299 bits per heavy atom. The Kier molecular flexibility index (Phi) is 12.4. The fraction of sp³-hybridized carbons (Fsp3) is 0.100. The molecule has 0 unspecified atom stereocenters. The van der Waals surface area contributed by atoms with Crippen molar-refractivity contribution in [3.8, 4) is 11.1 Å². The van der Waals surface area contributed by atoms with Crippen molar-refractivity contribution in [2.45, 2.75) is 25.5 Å². The molecular weight excluding hydrogens is 983 g/mol. The van der Waals surface area contributed by atoms with Gasteiger partial charge in [-0.05, 0) is 36.2 Å². The number of hydrogen-bond donors (Lipinski definition) is 0. The van der Waals surface area contributed by atoms with E-state index in [1.165, 1.54) is 0 Å². The predicted octanol–water partition coefficient (Wildman–Crippen LogP) is 15.9. The molecule has 356 valence electrons. The molecule has 0 aromatic heterocycles. The number of anilines is 6. The second-order valence-electron chi connectivity index (χ2n) is 13.4.